The SMILES string of the molecule is CC(C)(C)OC(=O)N1CC(CNC(=O)Nc2ccc(OC(F)(F)F)cc2)C1. The number of rotatable bonds is 4. The number of carbonyl (C=O) groups is 2. The van der Waals surface area contributed by atoms with Gasteiger partial charge in [-0.25, -0.2) is 9.59 Å². The van der Waals surface area contributed by atoms with Crippen LogP contribution in [0.15, 0.2) is 24.3 Å². The minimum atomic E-state index is -4.76. The van der Waals surface area contributed by atoms with Gasteiger partial charge in [-0.1, -0.05) is 0 Å². The normalized spacial score (nSPS) is 15.0. The Bertz CT molecular complexity index is 665. The largest absolute Gasteiger partial charge is 0.573 e. The molecule has 1 aliphatic heterocycles. The van der Waals surface area contributed by atoms with Crippen molar-refractivity contribution >= 4 is 17.8 Å². The number of hydrogen-bond acceptors (Lipinski definition) is 4. The van der Waals surface area contributed by atoms with Gasteiger partial charge in [-0.05, 0) is 45.0 Å². The van der Waals surface area contributed by atoms with Crippen molar-refractivity contribution in [1.82, 2.24) is 10.2 Å². The van der Waals surface area contributed by atoms with Gasteiger partial charge in [-0.2, -0.15) is 0 Å². The lowest BCUT2D eigenvalue weighted by Crippen LogP contribution is -2.55. The van der Waals surface area contributed by atoms with Gasteiger partial charge in [0, 0.05) is 31.2 Å². The van der Waals surface area contributed by atoms with Crippen molar-refractivity contribution in [2.75, 3.05) is 25.0 Å². The highest BCUT2D eigenvalue weighted by Crippen LogP contribution is 2.24. The molecule has 1 aromatic rings. The zero-order valence-corrected chi connectivity index (χ0v) is 15.2. The van der Waals surface area contributed by atoms with E-state index < -0.39 is 18.0 Å². The molecule has 1 fully saturated rings. The van der Waals surface area contributed by atoms with E-state index >= 15 is 0 Å². The molecule has 2 N–H and O–H groups in total. The van der Waals surface area contributed by atoms with Crippen LogP contribution in [-0.2, 0) is 4.74 Å². The maximum atomic E-state index is 12.1. The molecule has 1 saturated heterocycles. The fourth-order valence-corrected chi connectivity index (χ4v) is 2.33. The minimum Gasteiger partial charge on any atom is -0.444 e. The number of halogens is 3. The minimum absolute atomic E-state index is 0.117. The smallest absolute Gasteiger partial charge is 0.444 e. The van der Waals surface area contributed by atoms with Gasteiger partial charge in [0.25, 0.3) is 0 Å². The third kappa shape index (κ3) is 7.24. The molecule has 150 valence electrons. The third-order valence-corrected chi connectivity index (χ3v) is 3.51. The molecule has 0 unspecified atom stereocenters. The van der Waals surface area contributed by atoms with Gasteiger partial charge in [0.15, 0.2) is 0 Å². The molecule has 0 atom stereocenters. The Balaban J connectivity index is 1.68. The molecule has 0 spiro atoms. The molecule has 7 nitrogen and oxygen atoms in total. The number of hydrogen-bond donors (Lipinski definition) is 2. The fraction of sp³-hybridized carbons (Fsp3) is 0.529. The van der Waals surface area contributed by atoms with Crippen LogP contribution in [0.5, 0.6) is 5.75 Å². The summed E-state index contributed by atoms with van der Waals surface area (Å²) in [5.41, 5.74) is -0.230. The summed E-state index contributed by atoms with van der Waals surface area (Å²) in [6.45, 7) is 6.69. The molecule has 27 heavy (non-hydrogen) atoms. The molecular weight excluding hydrogens is 367 g/mol. The summed E-state index contributed by atoms with van der Waals surface area (Å²) in [6, 6.07) is 4.32. The number of amides is 3. The number of benzene rings is 1. The van der Waals surface area contributed by atoms with Gasteiger partial charge in [0.2, 0.25) is 0 Å². The van der Waals surface area contributed by atoms with Crippen molar-refractivity contribution < 1.29 is 32.2 Å². The first kappa shape index (κ1) is 20.7. The van der Waals surface area contributed by atoms with E-state index in [4.69, 9.17) is 4.74 Å². The van der Waals surface area contributed by atoms with Crippen LogP contribution in [0, 0.1) is 5.92 Å². The van der Waals surface area contributed by atoms with Crippen LogP contribution in [0.1, 0.15) is 20.8 Å². The molecular formula is C17H22F3N3O4. The Morgan fingerprint density at radius 2 is 1.74 bits per heavy atom. The van der Waals surface area contributed by atoms with Gasteiger partial charge in [0.05, 0.1) is 0 Å². The van der Waals surface area contributed by atoms with E-state index in [2.05, 4.69) is 15.4 Å². The topological polar surface area (TPSA) is 79.9 Å². The lowest BCUT2D eigenvalue weighted by molar-refractivity contribution is -0.274. The Morgan fingerprint density at radius 3 is 2.26 bits per heavy atom. The van der Waals surface area contributed by atoms with Crippen molar-refractivity contribution in [1.29, 1.82) is 0 Å². The monoisotopic (exact) mass is 389 g/mol. The average molecular weight is 389 g/mol. The molecule has 3 amide bonds. The van der Waals surface area contributed by atoms with E-state index in [1.165, 1.54) is 12.1 Å². The van der Waals surface area contributed by atoms with E-state index in [9.17, 15) is 22.8 Å². The van der Waals surface area contributed by atoms with Gasteiger partial charge in [0.1, 0.15) is 11.4 Å². The van der Waals surface area contributed by atoms with E-state index in [-0.39, 0.29) is 17.8 Å². The molecule has 0 bridgehead atoms. The molecule has 0 radical (unpaired) electrons. The maximum absolute atomic E-state index is 12.1. The molecule has 0 aliphatic carbocycles. The molecule has 1 heterocycles. The highest BCUT2D eigenvalue weighted by Gasteiger charge is 2.33. The highest BCUT2D eigenvalue weighted by molar-refractivity contribution is 5.89. The van der Waals surface area contributed by atoms with Crippen LogP contribution < -0.4 is 15.4 Å². The lowest BCUT2D eigenvalue weighted by atomic mass is 10.0. The summed E-state index contributed by atoms with van der Waals surface area (Å²) in [7, 11) is 0. The Labute approximate surface area is 154 Å². The van der Waals surface area contributed by atoms with Crippen LogP contribution in [0.2, 0.25) is 0 Å². The van der Waals surface area contributed by atoms with Crippen molar-refractivity contribution in [3.63, 3.8) is 0 Å². The quantitative estimate of drug-likeness (QED) is 0.825. The first-order valence-corrected chi connectivity index (χ1v) is 8.30. The van der Waals surface area contributed by atoms with Crippen molar-refractivity contribution in [2.45, 2.75) is 32.7 Å². The predicted molar refractivity (Wildman–Crippen MR) is 91.4 cm³/mol. The Hall–Kier alpha value is -2.65. The second-order valence-electron chi connectivity index (χ2n) is 7.16. The summed E-state index contributed by atoms with van der Waals surface area (Å²) >= 11 is 0. The van der Waals surface area contributed by atoms with Crippen LogP contribution >= 0.6 is 0 Å². The summed E-state index contributed by atoms with van der Waals surface area (Å²) in [4.78, 5) is 25.2. The fourth-order valence-electron chi connectivity index (χ4n) is 2.33. The number of nitrogens with one attached hydrogen (secondary N) is 2. The van der Waals surface area contributed by atoms with Crippen molar-refractivity contribution in [3.05, 3.63) is 24.3 Å². The highest BCUT2D eigenvalue weighted by atomic mass is 19.4. The first-order valence-electron chi connectivity index (χ1n) is 8.30. The molecule has 10 heteroatoms. The van der Waals surface area contributed by atoms with E-state index in [0.29, 0.717) is 25.3 Å². The van der Waals surface area contributed by atoms with E-state index in [0.717, 1.165) is 12.1 Å². The second-order valence-corrected chi connectivity index (χ2v) is 7.16. The van der Waals surface area contributed by atoms with Gasteiger partial charge >= 0.3 is 18.5 Å². The standard InChI is InChI=1S/C17H22F3N3O4/c1-16(2,3)27-15(25)23-9-11(10-23)8-21-14(24)22-12-4-6-13(7-5-12)26-17(18,19)20/h4-7,11H,8-10H2,1-3H3,(H2,21,22,24). The molecule has 0 aromatic heterocycles. The zero-order chi connectivity index (χ0) is 20.2. The van der Waals surface area contributed by atoms with Gasteiger partial charge < -0.3 is 25.0 Å². The molecule has 0 saturated carbocycles. The number of anilines is 1. The maximum Gasteiger partial charge on any atom is 0.573 e. The van der Waals surface area contributed by atoms with Crippen molar-refractivity contribution in [2.24, 2.45) is 5.92 Å². The predicted octanol–water partition coefficient (Wildman–Crippen LogP) is 3.57. The van der Waals surface area contributed by atoms with Gasteiger partial charge in [-0.3, -0.25) is 0 Å². The molecule has 1 aliphatic rings. The van der Waals surface area contributed by atoms with Crippen LogP contribution in [0.25, 0.3) is 0 Å². The van der Waals surface area contributed by atoms with Gasteiger partial charge in [-0.15, -0.1) is 13.2 Å². The second kappa shape index (κ2) is 7.93. The summed E-state index contributed by atoms with van der Waals surface area (Å²) in [6.07, 6.45) is -5.15. The molecule has 2 rings (SSSR count). The third-order valence-electron chi connectivity index (χ3n) is 3.51. The zero-order valence-electron chi connectivity index (χ0n) is 15.2. The lowest BCUT2D eigenvalue weighted by Gasteiger charge is -2.39. The van der Waals surface area contributed by atoms with Crippen molar-refractivity contribution in [3.8, 4) is 5.75 Å². The van der Waals surface area contributed by atoms with Crippen LogP contribution in [-0.4, -0.2) is 48.6 Å². The average Bonchev–Trinajstić information content (AvgIpc) is 2.44. The Kier molecular flexibility index (Phi) is 6.07. The number of urea groups is 1. The first-order chi connectivity index (χ1) is 12.4. The van der Waals surface area contributed by atoms with E-state index in [1.807, 2.05) is 0 Å². The molecule has 1 aromatic carbocycles. The summed E-state index contributed by atoms with van der Waals surface area (Å²) in [5, 5.41) is 5.16. The summed E-state index contributed by atoms with van der Waals surface area (Å²) in [5.74, 6) is -0.254. The number of likely N-dealkylation sites (tertiary alicyclic amines) is 1. The van der Waals surface area contributed by atoms with Crippen LogP contribution in [0.4, 0.5) is 28.4 Å². The summed E-state index contributed by atoms with van der Waals surface area (Å²) < 4.78 is 45.3. The Morgan fingerprint density at radius 1 is 1.15 bits per heavy atom. The number of ether oxygens (including phenoxy) is 2. The van der Waals surface area contributed by atoms with Crippen LogP contribution in [0.3, 0.4) is 0 Å². The number of carbonyl (C=O) groups excluding carboxylic acids is 2. The number of nitrogens with zero attached hydrogens (tertiary/aromatic N) is 1. The number of alkyl halides is 3. The van der Waals surface area contributed by atoms with E-state index in [1.54, 1.807) is 25.7 Å².